The number of ether oxygens (including phenoxy) is 1. The summed E-state index contributed by atoms with van der Waals surface area (Å²) in [7, 11) is -3.13. The van der Waals surface area contributed by atoms with Crippen LogP contribution in [0.5, 0.6) is 5.75 Å². The zero-order valence-corrected chi connectivity index (χ0v) is 17.5. The van der Waals surface area contributed by atoms with Gasteiger partial charge in [-0.1, -0.05) is 38.1 Å². The van der Waals surface area contributed by atoms with Crippen molar-refractivity contribution >= 4 is 15.7 Å². The molecular weight excluding hydrogens is 393 g/mol. The minimum Gasteiger partial charge on any atom is -0.484 e. The average Bonchev–Trinajstić information content (AvgIpc) is 3.05. The number of benzene rings is 2. The summed E-state index contributed by atoms with van der Waals surface area (Å²) < 4.78 is 42.4. The van der Waals surface area contributed by atoms with Crippen molar-refractivity contribution in [2.45, 2.75) is 38.8 Å². The maximum Gasteiger partial charge on any atom is 0.261 e. The first-order chi connectivity index (χ1) is 13.7. The first kappa shape index (κ1) is 21.3. The van der Waals surface area contributed by atoms with Gasteiger partial charge in [0, 0.05) is 12.6 Å². The zero-order chi connectivity index (χ0) is 21.0. The smallest absolute Gasteiger partial charge is 0.261 e. The molecule has 1 aliphatic rings. The van der Waals surface area contributed by atoms with Crippen LogP contribution in [0.2, 0.25) is 0 Å². The van der Waals surface area contributed by atoms with Gasteiger partial charge >= 0.3 is 0 Å². The number of carbonyl (C=O) groups excluding carboxylic acids is 1. The van der Waals surface area contributed by atoms with E-state index in [1.54, 1.807) is 4.90 Å². The maximum atomic E-state index is 13.0. The molecule has 0 aromatic heterocycles. The summed E-state index contributed by atoms with van der Waals surface area (Å²) in [6.07, 6.45) is 0.425. The molecule has 3 rings (SSSR count). The normalized spacial score (nSPS) is 18.0. The molecule has 1 saturated heterocycles. The minimum atomic E-state index is -3.13. The van der Waals surface area contributed by atoms with Crippen molar-refractivity contribution in [3.05, 3.63) is 65.5 Å². The fraction of sp³-hybridized carbons (Fsp3) is 0.409. The molecule has 0 aliphatic carbocycles. The predicted octanol–water partition coefficient (Wildman–Crippen LogP) is 3.54. The summed E-state index contributed by atoms with van der Waals surface area (Å²) in [6, 6.07) is 13.1. The van der Waals surface area contributed by atoms with Crippen molar-refractivity contribution in [1.29, 1.82) is 0 Å². The van der Waals surface area contributed by atoms with Crippen LogP contribution >= 0.6 is 0 Å². The fourth-order valence-corrected chi connectivity index (χ4v) is 5.14. The SMILES string of the molecule is CC(C)c1ccc(CN(C(=O)COc2ccc(F)cc2)C2CCS(=O)(=O)C2)cc1. The molecule has 1 atom stereocenters. The van der Waals surface area contributed by atoms with E-state index in [0.717, 1.165) is 5.56 Å². The van der Waals surface area contributed by atoms with Crippen molar-refractivity contribution in [1.82, 2.24) is 4.90 Å². The van der Waals surface area contributed by atoms with Crippen LogP contribution in [0.4, 0.5) is 4.39 Å². The van der Waals surface area contributed by atoms with Gasteiger partial charge in [-0.3, -0.25) is 4.79 Å². The molecule has 5 nitrogen and oxygen atoms in total. The Balaban J connectivity index is 1.73. The first-order valence-electron chi connectivity index (χ1n) is 9.70. The van der Waals surface area contributed by atoms with Crippen LogP contribution in [-0.2, 0) is 21.2 Å². The van der Waals surface area contributed by atoms with Crippen LogP contribution in [0.15, 0.2) is 48.5 Å². The topological polar surface area (TPSA) is 63.7 Å². The monoisotopic (exact) mass is 419 g/mol. The van der Waals surface area contributed by atoms with E-state index >= 15 is 0 Å². The van der Waals surface area contributed by atoms with E-state index in [4.69, 9.17) is 4.74 Å². The summed E-state index contributed by atoms with van der Waals surface area (Å²) in [5.41, 5.74) is 2.14. The largest absolute Gasteiger partial charge is 0.484 e. The van der Waals surface area contributed by atoms with E-state index in [0.29, 0.717) is 24.6 Å². The van der Waals surface area contributed by atoms with E-state index < -0.39 is 9.84 Å². The molecule has 1 amide bonds. The molecule has 29 heavy (non-hydrogen) atoms. The molecule has 1 aliphatic heterocycles. The number of halogens is 1. The van der Waals surface area contributed by atoms with Gasteiger partial charge in [0.05, 0.1) is 11.5 Å². The highest BCUT2D eigenvalue weighted by Crippen LogP contribution is 2.22. The molecule has 7 heteroatoms. The summed E-state index contributed by atoms with van der Waals surface area (Å²) in [4.78, 5) is 14.5. The zero-order valence-electron chi connectivity index (χ0n) is 16.7. The number of sulfone groups is 1. The third-order valence-corrected chi connectivity index (χ3v) is 6.90. The first-order valence-corrected chi connectivity index (χ1v) is 11.5. The Morgan fingerprint density at radius 1 is 1.14 bits per heavy atom. The fourth-order valence-electron chi connectivity index (χ4n) is 3.41. The van der Waals surface area contributed by atoms with E-state index in [-0.39, 0.29) is 35.9 Å². The minimum absolute atomic E-state index is 0.0284. The van der Waals surface area contributed by atoms with Crippen LogP contribution in [0.3, 0.4) is 0 Å². The predicted molar refractivity (Wildman–Crippen MR) is 110 cm³/mol. The highest BCUT2D eigenvalue weighted by Gasteiger charge is 2.34. The lowest BCUT2D eigenvalue weighted by molar-refractivity contribution is -0.136. The summed E-state index contributed by atoms with van der Waals surface area (Å²) >= 11 is 0. The summed E-state index contributed by atoms with van der Waals surface area (Å²) in [5.74, 6) is 0.188. The molecule has 0 saturated carbocycles. The van der Waals surface area contributed by atoms with Gasteiger partial charge in [-0.25, -0.2) is 12.8 Å². The van der Waals surface area contributed by atoms with Gasteiger partial charge in [0.1, 0.15) is 11.6 Å². The number of nitrogens with zero attached hydrogens (tertiary/aromatic N) is 1. The van der Waals surface area contributed by atoms with E-state index in [1.165, 1.54) is 29.8 Å². The summed E-state index contributed by atoms with van der Waals surface area (Å²) in [6.45, 7) is 4.32. The lowest BCUT2D eigenvalue weighted by Crippen LogP contribution is -2.43. The molecular formula is C22H26FNO4S. The maximum absolute atomic E-state index is 13.0. The van der Waals surface area contributed by atoms with Crippen molar-refractivity contribution in [3.63, 3.8) is 0 Å². The number of amides is 1. The van der Waals surface area contributed by atoms with Crippen molar-refractivity contribution in [2.24, 2.45) is 0 Å². The lowest BCUT2D eigenvalue weighted by atomic mass is 10.0. The third-order valence-electron chi connectivity index (χ3n) is 5.14. The van der Waals surface area contributed by atoms with Crippen molar-refractivity contribution in [3.8, 4) is 5.75 Å². The molecule has 1 unspecified atom stereocenters. The van der Waals surface area contributed by atoms with Crippen molar-refractivity contribution in [2.75, 3.05) is 18.1 Å². The Morgan fingerprint density at radius 2 is 1.79 bits per heavy atom. The molecule has 156 valence electrons. The van der Waals surface area contributed by atoms with Crippen LogP contribution in [0.25, 0.3) is 0 Å². The molecule has 2 aromatic rings. The Morgan fingerprint density at radius 3 is 2.34 bits per heavy atom. The number of hydrogen-bond acceptors (Lipinski definition) is 4. The lowest BCUT2D eigenvalue weighted by Gasteiger charge is -2.28. The van der Waals surface area contributed by atoms with Gasteiger partial charge in [-0.2, -0.15) is 0 Å². The number of hydrogen-bond donors (Lipinski definition) is 0. The van der Waals surface area contributed by atoms with E-state index in [2.05, 4.69) is 13.8 Å². The van der Waals surface area contributed by atoms with Crippen molar-refractivity contribution < 1.29 is 22.3 Å². The molecule has 0 radical (unpaired) electrons. The number of rotatable bonds is 7. The second kappa shape index (κ2) is 8.95. The van der Waals surface area contributed by atoms with Crippen LogP contribution in [-0.4, -0.2) is 43.4 Å². The molecule has 2 aromatic carbocycles. The van der Waals surface area contributed by atoms with E-state index in [9.17, 15) is 17.6 Å². The Bertz CT molecular complexity index is 940. The quantitative estimate of drug-likeness (QED) is 0.689. The van der Waals surface area contributed by atoms with Gasteiger partial charge in [0.2, 0.25) is 0 Å². The van der Waals surface area contributed by atoms with Gasteiger partial charge in [0.15, 0.2) is 16.4 Å². The average molecular weight is 420 g/mol. The molecule has 0 N–H and O–H groups in total. The second-order valence-electron chi connectivity index (χ2n) is 7.72. The highest BCUT2D eigenvalue weighted by atomic mass is 32.2. The highest BCUT2D eigenvalue weighted by molar-refractivity contribution is 7.91. The van der Waals surface area contributed by atoms with Gasteiger partial charge < -0.3 is 9.64 Å². The van der Waals surface area contributed by atoms with Gasteiger partial charge in [0.25, 0.3) is 5.91 Å². The third kappa shape index (κ3) is 5.79. The molecule has 0 spiro atoms. The summed E-state index contributed by atoms with van der Waals surface area (Å²) in [5, 5.41) is 0. The van der Waals surface area contributed by atoms with Crippen LogP contribution in [0, 0.1) is 5.82 Å². The Labute approximate surface area is 171 Å². The second-order valence-corrected chi connectivity index (χ2v) is 9.95. The molecule has 0 bridgehead atoms. The van der Waals surface area contributed by atoms with E-state index in [1.807, 2.05) is 24.3 Å². The van der Waals surface area contributed by atoms with Crippen LogP contribution < -0.4 is 4.74 Å². The Hall–Kier alpha value is -2.41. The molecule has 1 heterocycles. The Kier molecular flexibility index (Phi) is 6.57. The molecule has 1 fully saturated rings. The van der Waals surface area contributed by atoms with Crippen LogP contribution in [0.1, 0.15) is 37.3 Å². The van der Waals surface area contributed by atoms with Gasteiger partial charge in [-0.05, 0) is 47.7 Å². The number of carbonyl (C=O) groups is 1. The van der Waals surface area contributed by atoms with Gasteiger partial charge in [-0.15, -0.1) is 0 Å². The standard InChI is InChI=1S/C22H26FNO4S/c1-16(2)18-5-3-17(4-6-18)13-24(20-11-12-29(26,27)15-20)22(25)14-28-21-9-7-19(23)8-10-21/h3-10,16,20H,11-15H2,1-2H3.